The third-order valence-corrected chi connectivity index (χ3v) is 5.67. The Kier molecular flexibility index (Phi) is 3.71. The second-order valence-corrected chi connectivity index (χ2v) is 7.28. The van der Waals surface area contributed by atoms with Gasteiger partial charge in [-0.15, -0.1) is 11.3 Å². The smallest absolute Gasteiger partial charge is 0.221 e. The van der Waals surface area contributed by atoms with Crippen molar-refractivity contribution in [1.82, 2.24) is 24.5 Å². The van der Waals surface area contributed by atoms with Crippen molar-refractivity contribution in [3.8, 4) is 11.4 Å². The summed E-state index contributed by atoms with van der Waals surface area (Å²) in [5.74, 6) is 0.607. The number of hydrogen-bond donors (Lipinski definition) is 1. The van der Waals surface area contributed by atoms with E-state index < -0.39 is 0 Å². The monoisotopic (exact) mass is 379 g/mol. The first kappa shape index (κ1) is 16.1. The molecule has 0 saturated carbocycles. The first-order chi connectivity index (χ1) is 13.2. The Bertz CT molecular complexity index is 1130. The Morgan fingerprint density at radius 2 is 2.26 bits per heavy atom. The summed E-state index contributed by atoms with van der Waals surface area (Å²) in [5.41, 5.74) is 3.87. The number of fused-ring (bicyclic) bond motifs is 3. The van der Waals surface area contributed by atoms with Gasteiger partial charge < -0.3 is 10.1 Å². The number of amides is 1. The van der Waals surface area contributed by atoms with E-state index in [0.717, 1.165) is 33.3 Å². The molecule has 3 aromatic heterocycles. The Morgan fingerprint density at radius 1 is 1.33 bits per heavy atom. The van der Waals surface area contributed by atoms with Crippen molar-refractivity contribution < 1.29 is 9.53 Å². The fraction of sp³-hybridized carbons (Fsp3) is 0.211. The van der Waals surface area contributed by atoms with Crippen molar-refractivity contribution >= 4 is 22.2 Å². The van der Waals surface area contributed by atoms with Gasteiger partial charge in [0.2, 0.25) is 5.91 Å². The molecule has 1 aromatic carbocycles. The number of nitrogens with one attached hydrogen (secondary N) is 1. The van der Waals surface area contributed by atoms with E-state index in [9.17, 15) is 4.79 Å². The average molecular weight is 379 g/mol. The molecule has 0 radical (unpaired) electrons. The van der Waals surface area contributed by atoms with E-state index in [-0.39, 0.29) is 11.8 Å². The summed E-state index contributed by atoms with van der Waals surface area (Å²) in [6.45, 7) is 0.445. The minimum absolute atomic E-state index is 0.0104. The van der Waals surface area contributed by atoms with Crippen LogP contribution in [0.4, 0.5) is 0 Å². The molecule has 0 unspecified atom stereocenters. The molecule has 7 nitrogen and oxygen atoms in total. The van der Waals surface area contributed by atoms with Crippen molar-refractivity contribution in [3.63, 3.8) is 0 Å². The predicted molar refractivity (Wildman–Crippen MR) is 101 cm³/mol. The van der Waals surface area contributed by atoms with Crippen LogP contribution in [0.2, 0.25) is 0 Å². The van der Waals surface area contributed by atoms with Crippen LogP contribution in [0, 0.1) is 0 Å². The highest BCUT2D eigenvalue weighted by molar-refractivity contribution is 7.15. The van der Waals surface area contributed by atoms with Gasteiger partial charge in [0.1, 0.15) is 5.75 Å². The van der Waals surface area contributed by atoms with Gasteiger partial charge in [-0.25, -0.2) is 9.67 Å². The molecule has 0 fully saturated rings. The van der Waals surface area contributed by atoms with E-state index in [2.05, 4.69) is 14.8 Å². The van der Waals surface area contributed by atoms with Gasteiger partial charge in [0.05, 0.1) is 30.7 Å². The minimum Gasteiger partial charge on any atom is -0.497 e. The zero-order valence-electron chi connectivity index (χ0n) is 14.6. The van der Waals surface area contributed by atoms with E-state index in [1.807, 2.05) is 46.7 Å². The lowest BCUT2D eigenvalue weighted by molar-refractivity contribution is -0.121. The summed E-state index contributed by atoms with van der Waals surface area (Å²) >= 11 is 1.59. The molecule has 8 heteroatoms. The van der Waals surface area contributed by atoms with E-state index in [1.165, 1.54) is 0 Å². The number of carbonyl (C=O) groups excluding carboxylic acids is 1. The number of imidazole rings is 1. The van der Waals surface area contributed by atoms with Crippen LogP contribution in [-0.4, -0.2) is 32.2 Å². The number of carbonyl (C=O) groups is 1. The van der Waals surface area contributed by atoms with Crippen LogP contribution in [0.3, 0.4) is 0 Å². The highest BCUT2D eigenvalue weighted by Gasteiger charge is 2.31. The van der Waals surface area contributed by atoms with Gasteiger partial charge in [-0.1, -0.05) is 0 Å². The number of ether oxygens (including phenoxy) is 1. The number of benzene rings is 1. The van der Waals surface area contributed by atoms with Crippen LogP contribution >= 0.6 is 11.3 Å². The van der Waals surface area contributed by atoms with Gasteiger partial charge in [-0.05, 0) is 29.8 Å². The molecule has 4 aromatic rings. The quantitative estimate of drug-likeness (QED) is 0.594. The second kappa shape index (κ2) is 6.24. The fourth-order valence-electron chi connectivity index (χ4n) is 3.70. The normalized spacial score (nSPS) is 16.8. The van der Waals surface area contributed by atoms with Crippen molar-refractivity contribution in [1.29, 1.82) is 0 Å². The average Bonchev–Trinajstić information content (AvgIpc) is 3.40. The first-order valence-corrected chi connectivity index (χ1v) is 9.51. The van der Waals surface area contributed by atoms with Crippen LogP contribution in [0.25, 0.3) is 10.6 Å². The summed E-state index contributed by atoms with van der Waals surface area (Å²) in [5, 5.41) is 9.37. The minimum atomic E-state index is -0.151. The van der Waals surface area contributed by atoms with Crippen LogP contribution in [-0.2, 0) is 11.3 Å². The summed E-state index contributed by atoms with van der Waals surface area (Å²) in [7, 11) is 1.65. The molecule has 1 N–H and O–H groups in total. The second-order valence-electron chi connectivity index (χ2n) is 6.41. The molecule has 5 rings (SSSR count). The third kappa shape index (κ3) is 2.60. The topological polar surface area (TPSA) is 73.5 Å². The van der Waals surface area contributed by atoms with Gasteiger partial charge in [-0.2, -0.15) is 5.10 Å². The molecule has 0 aliphatic carbocycles. The zero-order chi connectivity index (χ0) is 18.4. The standard InChI is InChI=1S/C19H17N5O2S/c1-26-12-3-4-16(24-6-2-5-21-24)13(9-12)14-10-17(25)20-11-15-18(14)23-7-8-27-19(23)22-15/h2-9,14H,10-11H2,1H3,(H,20,25)/t14-/m0/s1. The SMILES string of the molecule is COc1ccc(-n2cccn2)c([C@@H]2CC(=O)NCc3nc4sccn4c32)c1. The Labute approximate surface area is 159 Å². The Morgan fingerprint density at radius 3 is 3.07 bits per heavy atom. The number of nitrogens with zero attached hydrogens (tertiary/aromatic N) is 4. The molecule has 0 saturated heterocycles. The number of methoxy groups -OCH3 is 1. The lowest BCUT2D eigenvalue weighted by atomic mass is 9.90. The molecule has 27 heavy (non-hydrogen) atoms. The maximum Gasteiger partial charge on any atom is 0.221 e. The van der Waals surface area contributed by atoms with E-state index in [4.69, 9.17) is 9.72 Å². The van der Waals surface area contributed by atoms with Crippen LogP contribution in [0.15, 0.2) is 48.2 Å². The Balaban J connectivity index is 1.77. The van der Waals surface area contributed by atoms with Gasteiger partial charge in [0.25, 0.3) is 0 Å². The first-order valence-electron chi connectivity index (χ1n) is 8.63. The molecule has 136 valence electrons. The van der Waals surface area contributed by atoms with E-state index >= 15 is 0 Å². The molecule has 1 atom stereocenters. The summed E-state index contributed by atoms with van der Waals surface area (Å²) in [4.78, 5) is 18.1. The molecular formula is C19H17N5O2S. The fourth-order valence-corrected chi connectivity index (χ4v) is 4.44. The number of thiazole rings is 1. The lowest BCUT2D eigenvalue weighted by Crippen LogP contribution is -2.22. The van der Waals surface area contributed by atoms with Gasteiger partial charge in [0, 0.05) is 36.3 Å². The van der Waals surface area contributed by atoms with Crippen LogP contribution in [0.5, 0.6) is 5.75 Å². The van der Waals surface area contributed by atoms with Gasteiger partial charge >= 0.3 is 0 Å². The molecule has 4 heterocycles. The number of rotatable bonds is 3. The van der Waals surface area contributed by atoms with Crippen molar-refractivity contribution in [3.05, 3.63) is 65.2 Å². The highest BCUT2D eigenvalue weighted by atomic mass is 32.1. The molecular weight excluding hydrogens is 362 g/mol. The largest absolute Gasteiger partial charge is 0.497 e. The lowest BCUT2D eigenvalue weighted by Gasteiger charge is -2.20. The van der Waals surface area contributed by atoms with Gasteiger partial charge in [0.15, 0.2) is 4.96 Å². The van der Waals surface area contributed by atoms with Crippen molar-refractivity contribution in [2.75, 3.05) is 7.11 Å². The van der Waals surface area contributed by atoms with Gasteiger partial charge in [-0.3, -0.25) is 9.20 Å². The van der Waals surface area contributed by atoms with Crippen LogP contribution < -0.4 is 10.1 Å². The highest BCUT2D eigenvalue weighted by Crippen LogP contribution is 2.38. The van der Waals surface area contributed by atoms with Crippen molar-refractivity contribution in [2.24, 2.45) is 0 Å². The van der Waals surface area contributed by atoms with E-state index in [1.54, 1.807) is 24.6 Å². The maximum atomic E-state index is 12.5. The summed E-state index contributed by atoms with van der Waals surface area (Å²) in [6.07, 6.45) is 6.01. The maximum absolute atomic E-state index is 12.5. The third-order valence-electron chi connectivity index (χ3n) is 4.91. The summed E-state index contributed by atoms with van der Waals surface area (Å²) in [6, 6.07) is 7.77. The zero-order valence-corrected chi connectivity index (χ0v) is 15.4. The van der Waals surface area contributed by atoms with Crippen molar-refractivity contribution in [2.45, 2.75) is 18.9 Å². The number of aromatic nitrogens is 4. The molecule has 1 aliphatic heterocycles. The molecule has 1 amide bonds. The molecule has 0 bridgehead atoms. The Hall–Kier alpha value is -3.13. The predicted octanol–water partition coefficient (Wildman–Crippen LogP) is 2.74. The van der Waals surface area contributed by atoms with Crippen LogP contribution in [0.1, 0.15) is 29.3 Å². The summed E-state index contributed by atoms with van der Waals surface area (Å²) < 4.78 is 9.38. The molecule has 0 spiro atoms. The molecule has 1 aliphatic rings. The van der Waals surface area contributed by atoms with E-state index in [0.29, 0.717) is 13.0 Å². The number of hydrogen-bond acceptors (Lipinski definition) is 5.